The van der Waals surface area contributed by atoms with E-state index in [0.717, 1.165) is 23.9 Å². The maximum Gasteiger partial charge on any atom is 0.165 e. The molecule has 0 radical (unpaired) electrons. The molecule has 0 aliphatic carbocycles. The van der Waals surface area contributed by atoms with Gasteiger partial charge in [-0.15, -0.1) is 0 Å². The van der Waals surface area contributed by atoms with Crippen LogP contribution in [0.15, 0.2) is 36.4 Å². The monoisotopic (exact) mass is 250 g/mol. The van der Waals surface area contributed by atoms with Crippen molar-refractivity contribution >= 4 is 0 Å². The van der Waals surface area contributed by atoms with Gasteiger partial charge in [0.1, 0.15) is 12.4 Å². The second-order valence-corrected chi connectivity index (χ2v) is 3.69. The molecular weight excluding hydrogens is 238 g/mol. The van der Waals surface area contributed by atoms with Crippen molar-refractivity contribution in [3.05, 3.63) is 59.4 Å². The molecule has 1 aromatic carbocycles. The molecule has 0 fully saturated rings. The fourth-order valence-electron chi connectivity index (χ4n) is 1.46. The van der Waals surface area contributed by atoms with E-state index in [2.05, 4.69) is 4.98 Å². The largest absolute Gasteiger partial charge is 0.484 e. The summed E-state index contributed by atoms with van der Waals surface area (Å²) in [6.45, 7) is 0.385. The lowest BCUT2D eigenvalue weighted by Gasteiger charge is -2.07. The van der Waals surface area contributed by atoms with Crippen LogP contribution in [0.25, 0.3) is 0 Å². The highest BCUT2D eigenvalue weighted by molar-refractivity contribution is 5.25. The lowest BCUT2D eigenvalue weighted by atomic mass is 10.3. The lowest BCUT2D eigenvalue weighted by Crippen LogP contribution is -2.04. The molecule has 94 valence electrons. The summed E-state index contributed by atoms with van der Waals surface area (Å²) in [5, 5.41) is 0. The molecule has 0 unspecified atom stereocenters. The molecule has 0 saturated carbocycles. The van der Waals surface area contributed by atoms with Crippen molar-refractivity contribution in [2.24, 2.45) is 5.73 Å². The van der Waals surface area contributed by atoms with Crippen molar-refractivity contribution in [3.63, 3.8) is 0 Å². The quantitative estimate of drug-likeness (QED) is 0.906. The maximum absolute atomic E-state index is 13.3. The molecule has 3 nitrogen and oxygen atoms in total. The summed E-state index contributed by atoms with van der Waals surface area (Å²) >= 11 is 0. The summed E-state index contributed by atoms with van der Waals surface area (Å²) in [4.78, 5) is 4.19. The van der Waals surface area contributed by atoms with E-state index < -0.39 is 11.6 Å². The normalized spacial score (nSPS) is 10.4. The molecule has 1 heterocycles. The van der Waals surface area contributed by atoms with E-state index >= 15 is 0 Å². The van der Waals surface area contributed by atoms with Crippen molar-refractivity contribution in [1.82, 2.24) is 4.98 Å². The van der Waals surface area contributed by atoms with Crippen LogP contribution in [0.4, 0.5) is 8.78 Å². The highest BCUT2D eigenvalue weighted by Crippen LogP contribution is 2.19. The first kappa shape index (κ1) is 12.4. The second kappa shape index (κ2) is 5.55. The van der Waals surface area contributed by atoms with Gasteiger partial charge in [0.05, 0.1) is 11.4 Å². The first-order chi connectivity index (χ1) is 8.69. The molecule has 0 aliphatic heterocycles. The van der Waals surface area contributed by atoms with E-state index in [1.807, 2.05) is 0 Å². The molecule has 0 aliphatic rings. The van der Waals surface area contributed by atoms with Crippen LogP contribution in [-0.2, 0) is 13.2 Å². The number of hydrogen-bond acceptors (Lipinski definition) is 3. The third-order valence-corrected chi connectivity index (χ3v) is 2.34. The Morgan fingerprint density at radius 2 is 1.89 bits per heavy atom. The molecule has 2 N–H and O–H groups in total. The minimum absolute atomic E-state index is 0.0637. The van der Waals surface area contributed by atoms with Crippen LogP contribution >= 0.6 is 0 Å². The Morgan fingerprint density at radius 3 is 2.67 bits per heavy atom. The van der Waals surface area contributed by atoms with E-state index in [-0.39, 0.29) is 12.4 Å². The Bertz CT molecular complexity index is 546. The first-order valence-electron chi connectivity index (χ1n) is 5.42. The molecule has 0 amide bonds. The van der Waals surface area contributed by atoms with Crippen LogP contribution < -0.4 is 10.5 Å². The van der Waals surface area contributed by atoms with Crippen LogP contribution in [0.1, 0.15) is 11.4 Å². The predicted octanol–water partition coefficient (Wildman–Crippen LogP) is 2.40. The van der Waals surface area contributed by atoms with Gasteiger partial charge in [0.25, 0.3) is 0 Å². The zero-order chi connectivity index (χ0) is 13.0. The zero-order valence-corrected chi connectivity index (χ0v) is 9.57. The van der Waals surface area contributed by atoms with Crippen LogP contribution in [0.2, 0.25) is 0 Å². The molecule has 1 aromatic heterocycles. The third-order valence-electron chi connectivity index (χ3n) is 2.34. The molecule has 5 heteroatoms. The van der Waals surface area contributed by atoms with Gasteiger partial charge in [0, 0.05) is 12.6 Å². The summed E-state index contributed by atoms with van der Waals surface area (Å²) in [7, 11) is 0. The van der Waals surface area contributed by atoms with Gasteiger partial charge in [-0.2, -0.15) is 0 Å². The highest BCUT2D eigenvalue weighted by Gasteiger charge is 2.06. The Balaban J connectivity index is 2.08. The van der Waals surface area contributed by atoms with Crippen molar-refractivity contribution in [2.75, 3.05) is 0 Å². The van der Waals surface area contributed by atoms with Crippen LogP contribution in [-0.4, -0.2) is 4.98 Å². The van der Waals surface area contributed by atoms with Crippen molar-refractivity contribution in [1.29, 1.82) is 0 Å². The van der Waals surface area contributed by atoms with Crippen molar-refractivity contribution in [3.8, 4) is 5.75 Å². The number of halogens is 2. The standard InChI is InChI=1S/C13H12F2N2O/c14-9-4-5-12(15)13(6-9)18-8-11-3-1-2-10(7-16)17-11/h1-6H,7-8,16H2. The van der Waals surface area contributed by atoms with Gasteiger partial charge in [0.2, 0.25) is 0 Å². The van der Waals surface area contributed by atoms with Gasteiger partial charge in [-0.3, -0.25) is 4.98 Å². The summed E-state index contributed by atoms with van der Waals surface area (Å²) in [5.41, 5.74) is 6.79. The summed E-state index contributed by atoms with van der Waals surface area (Å²) < 4.78 is 31.4. The van der Waals surface area contributed by atoms with Crippen LogP contribution in [0, 0.1) is 11.6 Å². The molecule has 0 saturated heterocycles. The minimum Gasteiger partial charge on any atom is -0.484 e. The number of ether oxygens (including phenoxy) is 1. The minimum atomic E-state index is -0.605. The predicted molar refractivity (Wildman–Crippen MR) is 62.8 cm³/mol. The van der Waals surface area contributed by atoms with Crippen molar-refractivity contribution in [2.45, 2.75) is 13.2 Å². The van der Waals surface area contributed by atoms with Crippen LogP contribution in [0.5, 0.6) is 5.75 Å². The second-order valence-electron chi connectivity index (χ2n) is 3.69. The first-order valence-corrected chi connectivity index (χ1v) is 5.42. The maximum atomic E-state index is 13.3. The van der Waals surface area contributed by atoms with Crippen molar-refractivity contribution < 1.29 is 13.5 Å². The third kappa shape index (κ3) is 3.01. The van der Waals surface area contributed by atoms with E-state index in [4.69, 9.17) is 10.5 Å². The number of aromatic nitrogens is 1. The molecule has 2 aromatic rings. The Morgan fingerprint density at radius 1 is 1.11 bits per heavy atom. The Labute approximate surface area is 103 Å². The fraction of sp³-hybridized carbons (Fsp3) is 0.154. The fourth-order valence-corrected chi connectivity index (χ4v) is 1.46. The zero-order valence-electron chi connectivity index (χ0n) is 9.57. The average molecular weight is 250 g/mol. The smallest absolute Gasteiger partial charge is 0.165 e. The van der Waals surface area contributed by atoms with Gasteiger partial charge >= 0.3 is 0 Å². The number of nitrogens with two attached hydrogens (primary N) is 1. The molecule has 2 rings (SSSR count). The lowest BCUT2D eigenvalue weighted by molar-refractivity contribution is 0.284. The average Bonchev–Trinajstić information content (AvgIpc) is 2.40. The summed E-state index contributed by atoms with van der Waals surface area (Å²) in [5.74, 6) is -1.28. The van der Waals surface area contributed by atoms with E-state index in [1.54, 1.807) is 18.2 Å². The van der Waals surface area contributed by atoms with Gasteiger partial charge < -0.3 is 10.5 Å². The van der Waals surface area contributed by atoms with Gasteiger partial charge in [-0.25, -0.2) is 8.78 Å². The van der Waals surface area contributed by atoms with Gasteiger partial charge in [0.15, 0.2) is 11.6 Å². The van der Waals surface area contributed by atoms with Gasteiger partial charge in [-0.05, 0) is 24.3 Å². The summed E-state index contributed by atoms with van der Waals surface area (Å²) in [6.07, 6.45) is 0. The SMILES string of the molecule is NCc1cccc(COc2cc(F)ccc2F)n1. The number of benzene rings is 1. The topological polar surface area (TPSA) is 48.1 Å². The van der Waals surface area contributed by atoms with E-state index in [1.165, 1.54) is 0 Å². The number of hydrogen-bond donors (Lipinski definition) is 1. The van der Waals surface area contributed by atoms with Gasteiger partial charge in [-0.1, -0.05) is 6.07 Å². The molecule has 0 bridgehead atoms. The Kier molecular flexibility index (Phi) is 3.84. The summed E-state index contributed by atoms with van der Waals surface area (Å²) in [6, 6.07) is 8.37. The molecule has 18 heavy (non-hydrogen) atoms. The molecular formula is C13H12F2N2O. The number of pyridine rings is 1. The van der Waals surface area contributed by atoms with Crippen LogP contribution in [0.3, 0.4) is 0 Å². The Hall–Kier alpha value is -2.01. The molecule has 0 spiro atoms. The van der Waals surface area contributed by atoms with E-state index in [9.17, 15) is 8.78 Å². The molecule has 0 atom stereocenters. The van der Waals surface area contributed by atoms with E-state index in [0.29, 0.717) is 12.2 Å². The number of rotatable bonds is 4. The number of nitrogens with zero attached hydrogens (tertiary/aromatic N) is 1. The highest BCUT2D eigenvalue weighted by atomic mass is 19.1.